The number of Topliss-reactive ketones (excluding diaryl/α,β-unsaturated/α-hetero) is 1. The van der Waals surface area contributed by atoms with Crippen LogP contribution in [0.4, 0.5) is 5.69 Å². The van der Waals surface area contributed by atoms with Crippen LogP contribution in [0.3, 0.4) is 0 Å². The Kier molecular flexibility index (Phi) is 5.20. The monoisotopic (exact) mass is 249 g/mol. The van der Waals surface area contributed by atoms with Gasteiger partial charge in [-0.05, 0) is 44.4 Å². The third-order valence-corrected chi connectivity index (χ3v) is 2.81. The fraction of sp³-hybridized carbons (Fsp3) is 0.533. The maximum atomic E-state index is 11.8. The van der Waals surface area contributed by atoms with Gasteiger partial charge in [-0.2, -0.15) is 0 Å². The first-order valence-electron chi connectivity index (χ1n) is 6.56. The van der Waals surface area contributed by atoms with E-state index in [1.54, 1.807) is 6.92 Å². The summed E-state index contributed by atoms with van der Waals surface area (Å²) in [5.74, 6) is 1.12. The van der Waals surface area contributed by atoms with Crippen molar-refractivity contribution in [1.29, 1.82) is 0 Å². The van der Waals surface area contributed by atoms with E-state index in [0.717, 1.165) is 12.2 Å². The van der Waals surface area contributed by atoms with Crippen molar-refractivity contribution in [2.75, 3.05) is 18.5 Å². The van der Waals surface area contributed by atoms with Gasteiger partial charge < -0.3 is 10.1 Å². The van der Waals surface area contributed by atoms with Crippen molar-refractivity contribution in [3.8, 4) is 5.75 Å². The lowest BCUT2D eigenvalue weighted by molar-refractivity contribution is 0.101. The first-order chi connectivity index (χ1) is 8.51. The maximum absolute atomic E-state index is 11.8. The summed E-state index contributed by atoms with van der Waals surface area (Å²) >= 11 is 0. The molecule has 1 aromatic carbocycles. The molecular weight excluding hydrogens is 226 g/mol. The molecule has 0 bridgehead atoms. The number of hydrogen-bond donors (Lipinski definition) is 1. The van der Waals surface area contributed by atoms with E-state index < -0.39 is 0 Å². The molecule has 3 heteroatoms. The molecule has 0 aromatic heterocycles. The number of nitrogens with one attached hydrogen (secondary N) is 1. The van der Waals surface area contributed by atoms with Crippen LogP contribution in [0.1, 0.15) is 56.5 Å². The highest BCUT2D eigenvalue weighted by molar-refractivity contribution is 6.02. The number of ketones is 1. The van der Waals surface area contributed by atoms with Gasteiger partial charge in [-0.3, -0.25) is 4.79 Å². The lowest BCUT2D eigenvalue weighted by Crippen LogP contribution is -2.09. The first kappa shape index (κ1) is 14.6. The lowest BCUT2D eigenvalue weighted by Gasteiger charge is -2.17. The van der Waals surface area contributed by atoms with Crippen LogP contribution in [0, 0.1) is 0 Å². The molecule has 0 fully saturated rings. The Balaban J connectivity index is 3.38. The number of carbonyl (C=O) groups is 1. The Labute approximate surface area is 110 Å². The van der Waals surface area contributed by atoms with Crippen LogP contribution in [0.15, 0.2) is 12.1 Å². The fourth-order valence-electron chi connectivity index (χ4n) is 1.93. The van der Waals surface area contributed by atoms with E-state index in [1.165, 1.54) is 5.56 Å². The molecule has 0 spiro atoms. The van der Waals surface area contributed by atoms with E-state index >= 15 is 0 Å². The third-order valence-electron chi connectivity index (χ3n) is 2.81. The normalized spacial score (nSPS) is 10.6. The molecule has 0 saturated heterocycles. The largest absolute Gasteiger partial charge is 0.493 e. The van der Waals surface area contributed by atoms with Crippen molar-refractivity contribution >= 4 is 11.5 Å². The number of rotatable bonds is 6. The number of hydrogen-bond acceptors (Lipinski definition) is 3. The summed E-state index contributed by atoms with van der Waals surface area (Å²) in [6.07, 6.45) is 0. The van der Waals surface area contributed by atoms with Crippen molar-refractivity contribution in [2.45, 2.75) is 40.5 Å². The summed E-state index contributed by atoms with van der Waals surface area (Å²) in [6.45, 7) is 11.1. The predicted octanol–water partition coefficient (Wildman–Crippen LogP) is 3.84. The minimum atomic E-state index is 0.0321. The zero-order valence-corrected chi connectivity index (χ0v) is 12.0. The highest BCUT2D eigenvalue weighted by Crippen LogP contribution is 2.32. The number of anilines is 1. The topological polar surface area (TPSA) is 38.3 Å². The Morgan fingerprint density at radius 1 is 1.33 bits per heavy atom. The van der Waals surface area contributed by atoms with Crippen LogP contribution in [-0.4, -0.2) is 18.9 Å². The van der Waals surface area contributed by atoms with Crippen LogP contribution in [0.25, 0.3) is 0 Å². The quantitative estimate of drug-likeness (QED) is 0.778. The summed E-state index contributed by atoms with van der Waals surface area (Å²) in [5, 5.41) is 3.25. The highest BCUT2D eigenvalue weighted by Gasteiger charge is 2.16. The second-order valence-corrected chi connectivity index (χ2v) is 4.62. The third kappa shape index (κ3) is 3.25. The van der Waals surface area contributed by atoms with Crippen LogP contribution >= 0.6 is 0 Å². The van der Waals surface area contributed by atoms with Crippen molar-refractivity contribution in [3.63, 3.8) is 0 Å². The molecule has 1 rings (SSSR count). The summed E-state index contributed by atoms with van der Waals surface area (Å²) in [4.78, 5) is 11.8. The molecule has 1 aromatic rings. The van der Waals surface area contributed by atoms with Gasteiger partial charge in [0.2, 0.25) is 0 Å². The minimum absolute atomic E-state index is 0.0321. The van der Waals surface area contributed by atoms with E-state index in [0.29, 0.717) is 23.8 Å². The summed E-state index contributed by atoms with van der Waals surface area (Å²) in [5.41, 5.74) is 2.71. The van der Waals surface area contributed by atoms with Gasteiger partial charge in [0.15, 0.2) is 5.78 Å². The minimum Gasteiger partial charge on any atom is -0.493 e. The molecule has 18 heavy (non-hydrogen) atoms. The summed E-state index contributed by atoms with van der Waals surface area (Å²) in [7, 11) is 0. The average Bonchev–Trinajstić information content (AvgIpc) is 2.28. The molecule has 0 atom stereocenters. The first-order valence-corrected chi connectivity index (χ1v) is 6.56. The second kappa shape index (κ2) is 6.43. The zero-order valence-electron chi connectivity index (χ0n) is 12.0. The molecule has 0 heterocycles. The van der Waals surface area contributed by atoms with Crippen molar-refractivity contribution in [1.82, 2.24) is 0 Å². The van der Waals surface area contributed by atoms with E-state index in [1.807, 2.05) is 26.0 Å². The van der Waals surface area contributed by atoms with Gasteiger partial charge in [0.1, 0.15) is 5.75 Å². The van der Waals surface area contributed by atoms with E-state index in [2.05, 4.69) is 19.2 Å². The predicted molar refractivity (Wildman–Crippen MR) is 75.9 cm³/mol. The highest BCUT2D eigenvalue weighted by atomic mass is 16.5. The van der Waals surface area contributed by atoms with Crippen LogP contribution in [0.5, 0.6) is 5.75 Å². The fourth-order valence-corrected chi connectivity index (χ4v) is 1.93. The Hall–Kier alpha value is -1.51. The van der Waals surface area contributed by atoms with Gasteiger partial charge in [0.25, 0.3) is 0 Å². The maximum Gasteiger partial charge on any atom is 0.165 e. The molecule has 0 amide bonds. The molecule has 0 unspecified atom stereocenters. The lowest BCUT2D eigenvalue weighted by atomic mass is 9.97. The van der Waals surface area contributed by atoms with Gasteiger partial charge in [-0.1, -0.05) is 13.8 Å². The van der Waals surface area contributed by atoms with E-state index in [-0.39, 0.29) is 5.78 Å². The second-order valence-electron chi connectivity index (χ2n) is 4.62. The van der Waals surface area contributed by atoms with Crippen molar-refractivity contribution in [3.05, 3.63) is 23.3 Å². The van der Waals surface area contributed by atoms with E-state index in [4.69, 9.17) is 4.74 Å². The molecule has 0 aliphatic rings. The molecule has 100 valence electrons. The number of ether oxygens (including phenoxy) is 1. The van der Waals surface area contributed by atoms with Gasteiger partial charge in [0.05, 0.1) is 12.2 Å². The SMILES string of the molecule is CCNc1cc(C(C)C)cc(OCC)c1C(C)=O. The molecule has 0 radical (unpaired) electrons. The average molecular weight is 249 g/mol. The van der Waals surface area contributed by atoms with E-state index in [9.17, 15) is 4.79 Å². The number of benzene rings is 1. The number of carbonyl (C=O) groups excluding carboxylic acids is 1. The van der Waals surface area contributed by atoms with Gasteiger partial charge in [-0.25, -0.2) is 0 Å². The summed E-state index contributed by atoms with van der Waals surface area (Å²) < 4.78 is 5.62. The standard InChI is InChI=1S/C15H23NO2/c1-6-16-13-8-12(10(3)4)9-14(18-7-2)15(13)11(5)17/h8-10,16H,6-7H2,1-5H3. The molecule has 0 aliphatic carbocycles. The van der Waals surface area contributed by atoms with Crippen molar-refractivity contribution < 1.29 is 9.53 Å². The van der Waals surface area contributed by atoms with Crippen LogP contribution < -0.4 is 10.1 Å². The molecular formula is C15H23NO2. The van der Waals surface area contributed by atoms with Gasteiger partial charge in [-0.15, -0.1) is 0 Å². The Morgan fingerprint density at radius 3 is 2.44 bits per heavy atom. The molecule has 0 saturated carbocycles. The van der Waals surface area contributed by atoms with Crippen LogP contribution in [-0.2, 0) is 0 Å². The molecule has 0 aliphatic heterocycles. The molecule has 3 nitrogen and oxygen atoms in total. The van der Waals surface area contributed by atoms with Crippen LogP contribution in [0.2, 0.25) is 0 Å². The van der Waals surface area contributed by atoms with Crippen molar-refractivity contribution in [2.24, 2.45) is 0 Å². The Bertz CT molecular complexity index is 397. The summed E-state index contributed by atoms with van der Waals surface area (Å²) in [6, 6.07) is 4.03. The van der Waals surface area contributed by atoms with Gasteiger partial charge >= 0.3 is 0 Å². The zero-order chi connectivity index (χ0) is 13.7. The van der Waals surface area contributed by atoms with Gasteiger partial charge in [0, 0.05) is 12.2 Å². The Morgan fingerprint density at radius 2 is 2.00 bits per heavy atom. The smallest absolute Gasteiger partial charge is 0.165 e. The molecule has 1 N–H and O–H groups in total.